The van der Waals surface area contributed by atoms with Gasteiger partial charge >= 0.3 is 5.51 Å². The zero-order valence-corrected chi connectivity index (χ0v) is 16.6. The van der Waals surface area contributed by atoms with Crippen LogP contribution in [0, 0.1) is 0 Å². The molecule has 1 heterocycles. The van der Waals surface area contributed by atoms with Crippen LogP contribution in [0.2, 0.25) is 0 Å². The van der Waals surface area contributed by atoms with E-state index in [1.54, 1.807) is 13.1 Å². The van der Waals surface area contributed by atoms with E-state index in [1.165, 1.54) is 23.1 Å². The van der Waals surface area contributed by atoms with E-state index in [-0.39, 0.29) is 22.2 Å². The Morgan fingerprint density at radius 2 is 1.79 bits per heavy atom. The maximum Gasteiger partial charge on any atom is 0.446 e. The number of hydrogen-bond acceptors (Lipinski definition) is 3. The fraction of sp³-hybridized carbons (Fsp3) is 0.238. The summed E-state index contributed by atoms with van der Waals surface area (Å²) >= 11 is -0.266. The number of aryl methyl sites for hydroxylation is 1. The molecule has 0 radical (unpaired) electrons. The molecule has 0 aliphatic carbocycles. The van der Waals surface area contributed by atoms with Crippen LogP contribution in [0.1, 0.15) is 22.5 Å². The molecule has 2 aromatic carbocycles. The molecule has 0 atom stereocenters. The van der Waals surface area contributed by atoms with Crippen LogP contribution in [0.3, 0.4) is 0 Å². The minimum absolute atomic E-state index is 0.0604. The van der Waals surface area contributed by atoms with E-state index in [9.17, 15) is 18.0 Å². The van der Waals surface area contributed by atoms with Crippen LogP contribution in [-0.4, -0.2) is 40.1 Å². The highest BCUT2D eigenvalue weighted by Crippen LogP contribution is 2.38. The second kappa shape index (κ2) is 9.17. The van der Waals surface area contributed by atoms with Gasteiger partial charge in [-0.05, 0) is 42.8 Å². The van der Waals surface area contributed by atoms with Crippen LogP contribution in [0.4, 0.5) is 13.2 Å². The van der Waals surface area contributed by atoms with Crippen molar-refractivity contribution in [1.82, 2.24) is 15.1 Å². The highest BCUT2D eigenvalue weighted by molar-refractivity contribution is 8.00. The fourth-order valence-corrected chi connectivity index (χ4v) is 3.58. The third kappa shape index (κ3) is 5.87. The minimum Gasteiger partial charge on any atom is -0.342 e. The molecule has 1 N–H and O–H groups in total. The second-order valence-corrected chi connectivity index (χ2v) is 7.63. The van der Waals surface area contributed by atoms with Crippen molar-refractivity contribution in [3.8, 4) is 11.3 Å². The van der Waals surface area contributed by atoms with Gasteiger partial charge in [0.05, 0.1) is 11.3 Å². The maximum atomic E-state index is 12.7. The first-order valence-electron chi connectivity index (χ1n) is 9.03. The van der Waals surface area contributed by atoms with Gasteiger partial charge in [-0.25, -0.2) is 0 Å². The lowest BCUT2D eigenvalue weighted by atomic mass is 10.1. The summed E-state index contributed by atoms with van der Waals surface area (Å²) in [5, 5.41) is 7.29. The third-order valence-corrected chi connectivity index (χ3v) is 5.14. The Morgan fingerprint density at radius 1 is 1.10 bits per heavy atom. The smallest absolute Gasteiger partial charge is 0.342 e. The molecule has 0 saturated heterocycles. The molecule has 0 bridgehead atoms. The molecule has 0 aliphatic rings. The van der Waals surface area contributed by atoms with Gasteiger partial charge in [0.1, 0.15) is 0 Å². The van der Waals surface area contributed by atoms with E-state index in [1.807, 2.05) is 36.4 Å². The normalized spacial score (nSPS) is 11.4. The number of hydrogen-bond donors (Lipinski definition) is 1. The first-order chi connectivity index (χ1) is 13.8. The largest absolute Gasteiger partial charge is 0.446 e. The number of amides is 1. The number of aromatic nitrogens is 2. The molecule has 1 aromatic heterocycles. The summed E-state index contributed by atoms with van der Waals surface area (Å²) in [7, 11) is 1.60. The summed E-state index contributed by atoms with van der Waals surface area (Å²) in [5.41, 5.74) is -1.57. The van der Waals surface area contributed by atoms with Crippen LogP contribution < -0.4 is 0 Å². The Morgan fingerprint density at radius 3 is 2.52 bits per heavy atom. The zero-order valence-electron chi connectivity index (χ0n) is 15.7. The predicted octanol–water partition coefficient (Wildman–Crippen LogP) is 5.39. The average molecular weight is 419 g/mol. The number of alkyl halides is 3. The molecule has 29 heavy (non-hydrogen) atoms. The van der Waals surface area contributed by atoms with Crippen LogP contribution in [0.25, 0.3) is 11.3 Å². The van der Waals surface area contributed by atoms with Crippen molar-refractivity contribution >= 4 is 17.7 Å². The number of benzene rings is 2. The van der Waals surface area contributed by atoms with Crippen LogP contribution in [0.15, 0.2) is 65.6 Å². The van der Waals surface area contributed by atoms with Gasteiger partial charge in [0, 0.05) is 29.7 Å². The number of H-pyrrole nitrogens is 1. The number of carbonyl (C=O) groups is 1. The van der Waals surface area contributed by atoms with Crippen molar-refractivity contribution in [3.63, 3.8) is 0 Å². The second-order valence-electron chi connectivity index (χ2n) is 6.52. The average Bonchev–Trinajstić information content (AvgIpc) is 3.16. The predicted molar refractivity (Wildman–Crippen MR) is 108 cm³/mol. The summed E-state index contributed by atoms with van der Waals surface area (Å²) < 4.78 is 38.2. The van der Waals surface area contributed by atoms with Gasteiger partial charge in [-0.3, -0.25) is 9.89 Å². The Bertz CT molecular complexity index is 957. The minimum atomic E-state index is -4.44. The fourth-order valence-electron chi connectivity index (χ4n) is 2.92. The monoisotopic (exact) mass is 419 g/mol. The van der Waals surface area contributed by atoms with Crippen LogP contribution >= 0.6 is 11.8 Å². The van der Waals surface area contributed by atoms with Gasteiger partial charge in [0.15, 0.2) is 0 Å². The lowest BCUT2D eigenvalue weighted by Crippen LogP contribution is -2.28. The molecule has 8 heteroatoms. The summed E-state index contributed by atoms with van der Waals surface area (Å²) in [4.78, 5) is 14.0. The van der Waals surface area contributed by atoms with Crippen LogP contribution in [0.5, 0.6) is 0 Å². The van der Waals surface area contributed by atoms with Crippen molar-refractivity contribution in [2.75, 3.05) is 13.6 Å². The third-order valence-electron chi connectivity index (χ3n) is 4.33. The molecule has 0 saturated carbocycles. The Hall–Kier alpha value is -2.74. The highest BCUT2D eigenvalue weighted by atomic mass is 32.2. The molecule has 3 rings (SSSR count). The van der Waals surface area contributed by atoms with E-state index >= 15 is 0 Å². The number of halogens is 3. The molecule has 1 amide bonds. The summed E-state index contributed by atoms with van der Waals surface area (Å²) in [6.45, 7) is 0.420. The number of rotatable bonds is 7. The van der Waals surface area contributed by atoms with Crippen molar-refractivity contribution < 1.29 is 18.0 Å². The van der Waals surface area contributed by atoms with Gasteiger partial charge < -0.3 is 4.90 Å². The van der Waals surface area contributed by atoms with E-state index in [0.717, 1.165) is 17.0 Å². The van der Waals surface area contributed by atoms with Crippen molar-refractivity contribution in [2.45, 2.75) is 23.2 Å². The molecule has 0 aliphatic heterocycles. The number of aromatic amines is 1. The lowest BCUT2D eigenvalue weighted by Gasteiger charge is -2.19. The van der Waals surface area contributed by atoms with Gasteiger partial charge in [0.2, 0.25) is 0 Å². The van der Waals surface area contributed by atoms with Crippen molar-refractivity contribution in [2.24, 2.45) is 0 Å². The van der Waals surface area contributed by atoms with Crippen molar-refractivity contribution in [3.05, 3.63) is 71.9 Å². The number of nitrogens with zero attached hydrogens (tertiary/aromatic N) is 2. The maximum absolute atomic E-state index is 12.7. The van der Waals surface area contributed by atoms with E-state index in [2.05, 4.69) is 10.2 Å². The van der Waals surface area contributed by atoms with Gasteiger partial charge in [0.25, 0.3) is 5.91 Å². The highest BCUT2D eigenvalue weighted by Gasteiger charge is 2.31. The van der Waals surface area contributed by atoms with E-state index < -0.39 is 11.4 Å². The lowest BCUT2D eigenvalue weighted by molar-refractivity contribution is -0.0328. The first kappa shape index (κ1) is 21.0. The summed E-state index contributed by atoms with van der Waals surface area (Å²) in [6, 6.07) is 17.5. The van der Waals surface area contributed by atoms with Gasteiger partial charge in [-0.2, -0.15) is 18.3 Å². The summed E-state index contributed by atoms with van der Waals surface area (Å²) in [5.74, 6) is -0.424. The molecular weight excluding hydrogens is 399 g/mol. The molecular formula is C21H20F3N3OS. The summed E-state index contributed by atoms with van der Waals surface area (Å²) in [6.07, 6.45) is 1.34. The molecule has 0 unspecified atom stereocenters. The van der Waals surface area contributed by atoms with Crippen LogP contribution in [-0.2, 0) is 6.42 Å². The molecule has 0 spiro atoms. The molecule has 0 fully saturated rings. The molecule has 3 aromatic rings. The first-order valence-corrected chi connectivity index (χ1v) is 9.85. The SMILES string of the molecule is CN(CCCc1cc(-c2ccccc2)n[nH]1)C(=O)c1ccccc1SC(F)(F)F. The quantitative estimate of drug-likeness (QED) is 0.522. The number of thioether (sulfide) groups is 1. The molecule has 4 nitrogen and oxygen atoms in total. The van der Waals surface area contributed by atoms with Gasteiger partial charge in [-0.1, -0.05) is 42.5 Å². The topological polar surface area (TPSA) is 49.0 Å². The standard InChI is InChI=1S/C21H20F3N3OS/c1-27(20(28)17-11-5-6-12-19(17)29-21(22,23)24)13-7-10-16-14-18(26-25-16)15-8-3-2-4-9-15/h2-6,8-9,11-12,14H,7,10,13H2,1H3,(H,25,26). The van der Waals surface area contributed by atoms with E-state index in [0.29, 0.717) is 19.4 Å². The number of nitrogens with one attached hydrogen (secondary N) is 1. The van der Waals surface area contributed by atoms with E-state index in [4.69, 9.17) is 0 Å². The zero-order chi connectivity index (χ0) is 20.9. The Kier molecular flexibility index (Phi) is 6.64. The Labute approximate surface area is 171 Å². The molecule has 152 valence electrons. The van der Waals surface area contributed by atoms with Crippen molar-refractivity contribution in [1.29, 1.82) is 0 Å². The number of carbonyl (C=O) groups excluding carboxylic acids is 1. The van der Waals surface area contributed by atoms with Gasteiger partial charge in [-0.15, -0.1) is 0 Å². The Balaban J connectivity index is 1.57.